The molecule has 3 N–H and O–H groups in total. The first-order valence-corrected chi connectivity index (χ1v) is 8.13. The lowest BCUT2D eigenvalue weighted by atomic mass is 10.0. The molecule has 0 bridgehead atoms. The van der Waals surface area contributed by atoms with Crippen molar-refractivity contribution >= 4 is 11.6 Å². The van der Waals surface area contributed by atoms with Gasteiger partial charge in [-0.25, -0.2) is 10.9 Å². The van der Waals surface area contributed by atoms with Crippen LogP contribution in [0.4, 0.5) is 5.69 Å². The highest BCUT2D eigenvalue weighted by Gasteiger charge is 2.30. The summed E-state index contributed by atoms with van der Waals surface area (Å²) in [4.78, 5) is 12.4. The third kappa shape index (κ3) is 3.78. The minimum atomic E-state index is -0.230. The number of aryl methyl sites for hydroxylation is 2. The van der Waals surface area contributed by atoms with Gasteiger partial charge in [-0.3, -0.25) is 4.79 Å². The van der Waals surface area contributed by atoms with Crippen LogP contribution in [0, 0.1) is 6.92 Å². The van der Waals surface area contributed by atoms with E-state index in [4.69, 9.17) is 0 Å². The fourth-order valence-corrected chi connectivity index (χ4v) is 2.84. The average Bonchev–Trinajstić information content (AvgIpc) is 3.06. The molecule has 0 saturated carbocycles. The molecule has 0 spiro atoms. The molecule has 2 aromatic rings. The Kier molecular flexibility index (Phi) is 4.74. The fraction of sp³-hybridized carbons (Fsp3) is 0.316. The number of anilines is 1. The first kappa shape index (κ1) is 15.7. The molecule has 3 rings (SSSR count). The molecule has 0 radical (unpaired) electrons. The molecular formula is C19H23N3O. The summed E-state index contributed by atoms with van der Waals surface area (Å²) in [6, 6.07) is 16.3. The average molecular weight is 309 g/mol. The maximum atomic E-state index is 12.4. The van der Waals surface area contributed by atoms with Crippen molar-refractivity contribution in [2.45, 2.75) is 38.8 Å². The zero-order valence-electron chi connectivity index (χ0n) is 13.6. The highest BCUT2D eigenvalue weighted by molar-refractivity contribution is 5.95. The van der Waals surface area contributed by atoms with Crippen LogP contribution in [0.3, 0.4) is 0 Å². The van der Waals surface area contributed by atoms with Gasteiger partial charge in [-0.1, -0.05) is 48.9 Å². The van der Waals surface area contributed by atoms with E-state index in [2.05, 4.69) is 60.3 Å². The van der Waals surface area contributed by atoms with Crippen LogP contribution < -0.4 is 16.2 Å². The molecule has 1 aliphatic heterocycles. The van der Waals surface area contributed by atoms with Crippen molar-refractivity contribution in [2.24, 2.45) is 0 Å². The second-order valence-electron chi connectivity index (χ2n) is 6.08. The van der Waals surface area contributed by atoms with E-state index in [1.54, 1.807) is 0 Å². The molecule has 2 aromatic carbocycles. The van der Waals surface area contributed by atoms with Crippen LogP contribution in [-0.4, -0.2) is 11.9 Å². The van der Waals surface area contributed by atoms with E-state index in [1.165, 1.54) is 16.7 Å². The number of amides is 1. The third-order valence-electron chi connectivity index (χ3n) is 4.30. The Labute approximate surface area is 137 Å². The Morgan fingerprint density at radius 3 is 2.70 bits per heavy atom. The second kappa shape index (κ2) is 6.94. The van der Waals surface area contributed by atoms with E-state index in [0.29, 0.717) is 0 Å². The van der Waals surface area contributed by atoms with Crippen molar-refractivity contribution in [3.8, 4) is 0 Å². The van der Waals surface area contributed by atoms with E-state index in [-0.39, 0.29) is 18.0 Å². The summed E-state index contributed by atoms with van der Waals surface area (Å²) in [5.74, 6) is 0.000338. The molecule has 1 aliphatic rings. The van der Waals surface area contributed by atoms with Crippen molar-refractivity contribution in [2.75, 3.05) is 5.32 Å². The van der Waals surface area contributed by atoms with Crippen LogP contribution in [0.5, 0.6) is 0 Å². The smallest absolute Gasteiger partial charge is 0.242 e. The molecule has 2 atom stereocenters. The molecule has 0 aliphatic carbocycles. The van der Waals surface area contributed by atoms with E-state index >= 15 is 0 Å². The summed E-state index contributed by atoms with van der Waals surface area (Å²) >= 11 is 0. The van der Waals surface area contributed by atoms with Crippen LogP contribution in [0.25, 0.3) is 0 Å². The Morgan fingerprint density at radius 2 is 1.96 bits per heavy atom. The van der Waals surface area contributed by atoms with Crippen LogP contribution >= 0.6 is 0 Å². The minimum absolute atomic E-state index is 0.000338. The molecule has 0 aromatic heterocycles. The Hall–Kier alpha value is -2.17. The lowest BCUT2D eigenvalue weighted by Gasteiger charge is -2.11. The van der Waals surface area contributed by atoms with Crippen LogP contribution in [0.2, 0.25) is 0 Å². The van der Waals surface area contributed by atoms with E-state index < -0.39 is 0 Å². The van der Waals surface area contributed by atoms with Gasteiger partial charge < -0.3 is 5.32 Å². The topological polar surface area (TPSA) is 53.2 Å². The summed E-state index contributed by atoms with van der Waals surface area (Å²) in [5, 5.41) is 3.00. The van der Waals surface area contributed by atoms with Crippen LogP contribution in [0.1, 0.15) is 36.1 Å². The molecule has 1 saturated heterocycles. The zero-order valence-corrected chi connectivity index (χ0v) is 13.6. The van der Waals surface area contributed by atoms with E-state index in [9.17, 15) is 4.79 Å². The molecule has 1 heterocycles. The minimum Gasteiger partial charge on any atom is -0.325 e. The monoisotopic (exact) mass is 309 g/mol. The van der Waals surface area contributed by atoms with Gasteiger partial charge in [-0.2, -0.15) is 0 Å². The number of benzene rings is 2. The lowest BCUT2D eigenvalue weighted by molar-refractivity contribution is -0.117. The van der Waals surface area contributed by atoms with Crippen molar-refractivity contribution in [1.29, 1.82) is 0 Å². The number of hydrazine groups is 1. The maximum absolute atomic E-state index is 12.4. The van der Waals surface area contributed by atoms with Gasteiger partial charge in [0.05, 0.1) is 0 Å². The number of hydrogen-bond acceptors (Lipinski definition) is 3. The zero-order chi connectivity index (χ0) is 16.2. The predicted octanol–water partition coefficient (Wildman–Crippen LogP) is 3.10. The summed E-state index contributed by atoms with van der Waals surface area (Å²) in [6.07, 6.45) is 1.70. The van der Waals surface area contributed by atoms with E-state index in [0.717, 1.165) is 18.5 Å². The van der Waals surface area contributed by atoms with Gasteiger partial charge in [0.25, 0.3) is 0 Å². The summed E-state index contributed by atoms with van der Waals surface area (Å²) in [5.41, 5.74) is 10.8. The number of nitrogens with one attached hydrogen (secondary N) is 3. The van der Waals surface area contributed by atoms with Gasteiger partial charge in [0, 0.05) is 11.7 Å². The second-order valence-corrected chi connectivity index (χ2v) is 6.08. The number of hydrogen-bond donors (Lipinski definition) is 3. The maximum Gasteiger partial charge on any atom is 0.242 e. The van der Waals surface area contributed by atoms with E-state index in [1.807, 2.05) is 18.2 Å². The van der Waals surface area contributed by atoms with Gasteiger partial charge in [0.15, 0.2) is 0 Å². The first-order chi connectivity index (χ1) is 11.2. The number of rotatable bonds is 4. The normalized spacial score (nSPS) is 20.4. The van der Waals surface area contributed by atoms with Gasteiger partial charge in [0.1, 0.15) is 6.04 Å². The molecule has 4 nitrogen and oxygen atoms in total. The predicted molar refractivity (Wildman–Crippen MR) is 93.0 cm³/mol. The molecule has 1 fully saturated rings. The van der Waals surface area contributed by atoms with Crippen molar-refractivity contribution in [3.63, 3.8) is 0 Å². The quantitative estimate of drug-likeness (QED) is 0.813. The molecule has 2 unspecified atom stereocenters. The molecular weight excluding hydrogens is 286 g/mol. The highest BCUT2D eigenvalue weighted by atomic mass is 16.2. The first-order valence-electron chi connectivity index (χ1n) is 8.13. The molecule has 1 amide bonds. The summed E-state index contributed by atoms with van der Waals surface area (Å²) < 4.78 is 0. The standard InChI is InChI=1S/C19H23N3O/c1-3-14-5-4-6-16(11-14)20-19(23)18-12-17(21-22-18)15-9-7-13(2)8-10-15/h4-11,17-18,21-22H,3,12H2,1-2H3,(H,20,23). The summed E-state index contributed by atoms with van der Waals surface area (Å²) in [7, 11) is 0. The van der Waals surface area contributed by atoms with Crippen molar-refractivity contribution in [3.05, 3.63) is 65.2 Å². The van der Waals surface area contributed by atoms with Gasteiger partial charge in [0.2, 0.25) is 5.91 Å². The Bertz CT molecular complexity index is 681. The summed E-state index contributed by atoms with van der Waals surface area (Å²) in [6.45, 7) is 4.18. The van der Waals surface area contributed by atoms with Crippen LogP contribution in [0.15, 0.2) is 48.5 Å². The van der Waals surface area contributed by atoms with Gasteiger partial charge in [-0.15, -0.1) is 0 Å². The van der Waals surface area contributed by atoms with Crippen LogP contribution in [-0.2, 0) is 11.2 Å². The number of carbonyl (C=O) groups is 1. The molecule has 4 heteroatoms. The fourth-order valence-electron chi connectivity index (χ4n) is 2.84. The lowest BCUT2D eigenvalue weighted by Crippen LogP contribution is -2.39. The van der Waals surface area contributed by atoms with Crippen molar-refractivity contribution in [1.82, 2.24) is 10.9 Å². The number of carbonyl (C=O) groups excluding carboxylic acids is 1. The third-order valence-corrected chi connectivity index (χ3v) is 4.30. The molecule has 23 heavy (non-hydrogen) atoms. The largest absolute Gasteiger partial charge is 0.325 e. The Morgan fingerprint density at radius 1 is 1.17 bits per heavy atom. The Balaban J connectivity index is 1.61. The highest BCUT2D eigenvalue weighted by Crippen LogP contribution is 2.23. The molecule has 120 valence electrons. The van der Waals surface area contributed by atoms with Gasteiger partial charge >= 0.3 is 0 Å². The van der Waals surface area contributed by atoms with Gasteiger partial charge in [-0.05, 0) is 43.0 Å². The SMILES string of the molecule is CCc1cccc(NC(=O)C2CC(c3ccc(C)cc3)NN2)c1. The van der Waals surface area contributed by atoms with Crippen molar-refractivity contribution < 1.29 is 4.79 Å².